The summed E-state index contributed by atoms with van der Waals surface area (Å²) in [6.45, 7) is 0.372. The number of methoxy groups -OCH3 is 2. The Hall–Kier alpha value is -2.49. The van der Waals surface area contributed by atoms with Gasteiger partial charge >= 0.3 is 0 Å². The molecule has 0 aromatic heterocycles. The van der Waals surface area contributed by atoms with Crippen LogP contribution < -0.4 is 14.2 Å². The van der Waals surface area contributed by atoms with Crippen molar-refractivity contribution >= 4 is 5.78 Å². The molecule has 0 radical (unpaired) electrons. The Kier molecular flexibility index (Phi) is 4.00. The van der Waals surface area contributed by atoms with Gasteiger partial charge in [0.1, 0.15) is 22.8 Å². The summed E-state index contributed by atoms with van der Waals surface area (Å²) < 4.78 is 16.3. The van der Waals surface area contributed by atoms with Crippen LogP contribution in [0, 0.1) is 5.92 Å². The van der Waals surface area contributed by atoms with Gasteiger partial charge in [-0.3, -0.25) is 4.79 Å². The van der Waals surface area contributed by atoms with E-state index in [4.69, 9.17) is 14.2 Å². The molecular weight excluding hydrogens is 280 g/mol. The lowest BCUT2D eigenvalue weighted by atomic mass is 9.89. The first-order chi connectivity index (χ1) is 10.7. The van der Waals surface area contributed by atoms with Crippen molar-refractivity contribution in [3.63, 3.8) is 0 Å². The van der Waals surface area contributed by atoms with Gasteiger partial charge in [-0.1, -0.05) is 30.3 Å². The van der Waals surface area contributed by atoms with E-state index in [0.717, 1.165) is 5.56 Å². The zero-order valence-electron chi connectivity index (χ0n) is 12.7. The first-order valence-corrected chi connectivity index (χ1v) is 7.20. The number of fused-ring (bicyclic) bond motifs is 1. The van der Waals surface area contributed by atoms with E-state index in [1.54, 1.807) is 26.4 Å². The smallest absolute Gasteiger partial charge is 0.177 e. The quantitative estimate of drug-likeness (QED) is 0.870. The third-order valence-electron chi connectivity index (χ3n) is 3.88. The van der Waals surface area contributed by atoms with Gasteiger partial charge in [0.15, 0.2) is 5.78 Å². The van der Waals surface area contributed by atoms with E-state index in [0.29, 0.717) is 35.8 Å². The molecule has 1 aliphatic rings. The zero-order valence-corrected chi connectivity index (χ0v) is 12.7. The molecule has 1 atom stereocenters. The summed E-state index contributed by atoms with van der Waals surface area (Å²) in [5.74, 6) is 1.51. The molecule has 0 N–H and O–H groups in total. The molecule has 0 saturated heterocycles. The predicted octanol–water partition coefficient (Wildman–Crippen LogP) is 3.14. The van der Waals surface area contributed by atoms with Crippen molar-refractivity contribution in [2.24, 2.45) is 5.92 Å². The molecule has 2 aromatic carbocycles. The lowest BCUT2D eigenvalue weighted by Crippen LogP contribution is -2.30. The molecule has 3 rings (SSSR count). The number of hydrogen-bond donors (Lipinski definition) is 0. The minimum Gasteiger partial charge on any atom is -0.496 e. The molecule has 1 unspecified atom stereocenters. The number of ketones is 1. The molecule has 4 heteroatoms. The molecule has 1 aliphatic heterocycles. The fourth-order valence-corrected chi connectivity index (χ4v) is 2.72. The lowest BCUT2D eigenvalue weighted by Gasteiger charge is -2.26. The van der Waals surface area contributed by atoms with Crippen LogP contribution in [0.4, 0.5) is 0 Å². The molecule has 4 nitrogen and oxygen atoms in total. The lowest BCUT2D eigenvalue weighted by molar-refractivity contribution is 0.0825. The van der Waals surface area contributed by atoms with Gasteiger partial charge in [0, 0.05) is 12.1 Å². The van der Waals surface area contributed by atoms with Crippen molar-refractivity contribution in [3.05, 3.63) is 53.6 Å². The van der Waals surface area contributed by atoms with Crippen LogP contribution in [0.25, 0.3) is 0 Å². The Morgan fingerprint density at radius 2 is 1.91 bits per heavy atom. The largest absolute Gasteiger partial charge is 0.496 e. The Bertz CT molecular complexity index is 662. The van der Waals surface area contributed by atoms with Crippen LogP contribution in [-0.2, 0) is 6.42 Å². The van der Waals surface area contributed by atoms with Gasteiger partial charge in [-0.2, -0.15) is 0 Å². The standard InChI is InChI=1S/C18H18O4/c1-20-14-9-15(21-2)17-16(10-14)22-11-13(18(17)19)8-12-6-4-3-5-7-12/h3-7,9-10,13H,8,11H2,1-2H3. The molecule has 0 aliphatic carbocycles. The zero-order chi connectivity index (χ0) is 15.5. The van der Waals surface area contributed by atoms with E-state index in [9.17, 15) is 4.79 Å². The highest BCUT2D eigenvalue weighted by Gasteiger charge is 2.32. The summed E-state index contributed by atoms with van der Waals surface area (Å²) in [6, 6.07) is 13.4. The van der Waals surface area contributed by atoms with Gasteiger partial charge in [-0.05, 0) is 12.0 Å². The van der Waals surface area contributed by atoms with Gasteiger partial charge in [0.25, 0.3) is 0 Å². The van der Waals surface area contributed by atoms with E-state index in [1.165, 1.54) is 0 Å². The maximum Gasteiger partial charge on any atom is 0.177 e. The summed E-state index contributed by atoms with van der Waals surface area (Å²) >= 11 is 0. The average molecular weight is 298 g/mol. The third-order valence-corrected chi connectivity index (χ3v) is 3.88. The second kappa shape index (κ2) is 6.10. The number of hydrogen-bond acceptors (Lipinski definition) is 4. The monoisotopic (exact) mass is 298 g/mol. The molecular formula is C18H18O4. The van der Waals surface area contributed by atoms with E-state index < -0.39 is 0 Å². The van der Waals surface area contributed by atoms with Crippen molar-refractivity contribution in [1.82, 2.24) is 0 Å². The van der Waals surface area contributed by atoms with E-state index >= 15 is 0 Å². The summed E-state index contributed by atoms with van der Waals surface area (Å²) in [5, 5.41) is 0. The first kappa shape index (κ1) is 14.4. The normalized spacial score (nSPS) is 16.6. The van der Waals surface area contributed by atoms with Crippen LogP contribution in [0.5, 0.6) is 17.2 Å². The fourth-order valence-electron chi connectivity index (χ4n) is 2.72. The number of rotatable bonds is 4. The van der Waals surface area contributed by atoms with Crippen molar-refractivity contribution < 1.29 is 19.0 Å². The minimum atomic E-state index is -0.197. The SMILES string of the molecule is COc1cc(OC)c2c(c1)OCC(Cc1ccccc1)C2=O. The third kappa shape index (κ3) is 2.64. The van der Waals surface area contributed by atoms with Crippen molar-refractivity contribution in [2.75, 3.05) is 20.8 Å². The van der Waals surface area contributed by atoms with Crippen LogP contribution in [0.1, 0.15) is 15.9 Å². The Labute approximate surface area is 129 Å². The summed E-state index contributed by atoms with van der Waals surface area (Å²) in [7, 11) is 3.12. The molecule has 0 bridgehead atoms. The summed E-state index contributed by atoms with van der Waals surface area (Å²) in [4.78, 5) is 12.8. The number of ether oxygens (including phenoxy) is 3. The molecule has 114 valence electrons. The van der Waals surface area contributed by atoms with Crippen molar-refractivity contribution in [1.29, 1.82) is 0 Å². The van der Waals surface area contributed by atoms with Crippen LogP contribution in [-0.4, -0.2) is 26.6 Å². The molecule has 0 spiro atoms. The first-order valence-electron chi connectivity index (χ1n) is 7.20. The highest BCUT2D eigenvalue weighted by molar-refractivity contribution is 6.04. The fraction of sp³-hybridized carbons (Fsp3) is 0.278. The van der Waals surface area contributed by atoms with Gasteiger partial charge in [0.2, 0.25) is 0 Å². The van der Waals surface area contributed by atoms with Crippen LogP contribution in [0.2, 0.25) is 0 Å². The number of carbonyl (C=O) groups excluding carboxylic acids is 1. The topological polar surface area (TPSA) is 44.8 Å². The molecule has 2 aromatic rings. The Balaban J connectivity index is 1.92. The van der Waals surface area contributed by atoms with Crippen LogP contribution in [0.3, 0.4) is 0 Å². The number of carbonyl (C=O) groups is 1. The Morgan fingerprint density at radius 3 is 2.59 bits per heavy atom. The van der Waals surface area contributed by atoms with Gasteiger partial charge in [0.05, 0.1) is 26.7 Å². The highest BCUT2D eigenvalue weighted by atomic mass is 16.5. The predicted molar refractivity (Wildman–Crippen MR) is 83.0 cm³/mol. The van der Waals surface area contributed by atoms with E-state index in [1.807, 2.05) is 30.3 Å². The van der Waals surface area contributed by atoms with Crippen LogP contribution >= 0.6 is 0 Å². The second-order valence-electron chi connectivity index (χ2n) is 5.26. The maximum absolute atomic E-state index is 12.8. The minimum absolute atomic E-state index is 0.0598. The van der Waals surface area contributed by atoms with Crippen molar-refractivity contribution in [3.8, 4) is 17.2 Å². The van der Waals surface area contributed by atoms with Gasteiger partial charge in [-0.15, -0.1) is 0 Å². The average Bonchev–Trinajstić information content (AvgIpc) is 2.57. The van der Waals surface area contributed by atoms with Gasteiger partial charge < -0.3 is 14.2 Å². The van der Waals surface area contributed by atoms with E-state index in [-0.39, 0.29) is 11.7 Å². The van der Waals surface area contributed by atoms with Crippen LogP contribution in [0.15, 0.2) is 42.5 Å². The summed E-state index contributed by atoms with van der Waals surface area (Å²) in [6.07, 6.45) is 0.661. The molecule has 0 fully saturated rings. The van der Waals surface area contributed by atoms with E-state index in [2.05, 4.69) is 0 Å². The van der Waals surface area contributed by atoms with Gasteiger partial charge in [-0.25, -0.2) is 0 Å². The Morgan fingerprint density at radius 1 is 1.14 bits per heavy atom. The number of Topliss-reactive ketones (excluding diaryl/α,β-unsaturated/α-hetero) is 1. The van der Waals surface area contributed by atoms with Crippen molar-refractivity contribution in [2.45, 2.75) is 6.42 Å². The second-order valence-corrected chi connectivity index (χ2v) is 5.26. The molecule has 0 amide bonds. The highest BCUT2D eigenvalue weighted by Crippen LogP contribution is 2.39. The summed E-state index contributed by atoms with van der Waals surface area (Å²) in [5.41, 5.74) is 1.64. The molecule has 22 heavy (non-hydrogen) atoms. The molecule has 0 saturated carbocycles. The maximum atomic E-state index is 12.8. The number of benzene rings is 2. The molecule has 1 heterocycles.